The molecule has 0 aromatic heterocycles. The fraction of sp³-hybridized carbons (Fsp3) is 0.296. The quantitative estimate of drug-likeness (QED) is 0.563. The van der Waals surface area contributed by atoms with Crippen molar-refractivity contribution >= 4 is 5.71 Å². The molecular weight excluding hydrogens is 401 g/mol. The fourth-order valence-electron chi connectivity index (χ4n) is 5.32. The van der Waals surface area contributed by atoms with Gasteiger partial charge < -0.3 is 4.74 Å². The zero-order valence-corrected chi connectivity index (χ0v) is 18.0. The van der Waals surface area contributed by atoms with Gasteiger partial charge in [0.25, 0.3) is 0 Å². The van der Waals surface area contributed by atoms with E-state index in [0.717, 1.165) is 49.5 Å². The molecule has 1 saturated heterocycles. The van der Waals surface area contributed by atoms with Crippen LogP contribution in [0.25, 0.3) is 0 Å². The van der Waals surface area contributed by atoms with Crippen molar-refractivity contribution in [2.45, 2.75) is 37.6 Å². The van der Waals surface area contributed by atoms with E-state index in [4.69, 9.17) is 9.84 Å². The summed E-state index contributed by atoms with van der Waals surface area (Å²) in [5.41, 5.74) is 3.38. The van der Waals surface area contributed by atoms with E-state index in [1.165, 1.54) is 11.6 Å². The summed E-state index contributed by atoms with van der Waals surface area (Å²) in [7, 11) is 0. The molecule has 0 aliphatic carbocycles. The summed E-state index contributed by atoms with van der Waals surface area (Å²) in [6.45, 7) is 2.82. The molecule has 6 rings (SSSR count). The Bertz CT molecular complexity index is 1150. The van der Waals surface area contributed by atoms with E-state index in [-0.39, 0.29) is 11.9 Å². The van der Waals surface area contributed by atoms with E-state index in [1.54, 1.807) is 6.07 Å². The molecule has 1 spiro atoms. The fourth-order valence-corrected chi connectivity index (χ4v) is 5.32. The average molecular weight is 428 g/mol. The van der Waals surface area contributed by atoms with Gasteiger partial charge in [-0.05, 0) is 17.7 Å². The number of piperidine rings is 1. The smallest absolute Gasteiger partial charge is 0.200 e. The predicted octanol–water partition coefficient (Wildman–Crippen LogP) is 5.36. The standard InChI is InChI=1S/C27H26FN3O/c28-23-12-6-4-10-21(23)24-18-25-22-11-5-7-13-26(22)32-27(31(25)29-24)14-16-30(17-15-27)19-20-8-2-1-3-9-20/h1-13,25H,14-19H2. The molecule has 5 heteroatoms. The third-order valence-electron chi connectivity index (χ3n) is 6.98. The van der Waals surface area contributed by atoms with E-state index in [0.29, 0.717) is 12.0 Å². The number of hydrogen-bond acceptors (Lipinski definition) is 4. The SMILES string of the molecule is Fc1ccccc1C1=NN2C(C1)c1ccccc1OC21CCN(Cc2ccccc2)CC1. The van der Waals surface area contributed by atoms with Gasteiger partial charge in [0.15, 0.2) is 0 Å². The van der Waals surface area contributed by atoms with Crippen LogP contribution in [-0.2, 0) is 6.54 Å². The lowest BCUT2D eigenvalue weighted by Crippen LogP contribution is -2.59. The number of benzene rings is 3. The van der Waals surface area contributed by atoms with Crippen LogP contribution < -0.4 is 4.74 Å². The van der Waals surface area contributed by atoms with Crippen molar-refractivity contribution in [3.05, 3.63) is 101 Å². The van der Waals surface area contributed by atoms with E-state index in [2.05, 4.69) is 52.4 Å². The number of hydrogen-bond donors (Lipinski definition) is 0. The number of fused-ring (bicyclic) bond motifs is 4. The van der Waals surface area contributed by atoms with E-state index in [9.17, 15) is 4.39 Å². The Kier molecular flexibility index (Phi) is 4.72. The first-order valence-electron chi connectivity index (χ1n) is 11.4. The van der Waals surface area contributed by atoms with Crippen LogP contribution >= 0.6 is 0 Å². The van der Waals surface area contributed by atoms with Gasteiger partial charge in [-0.2, -0.15) is 5.10 Å². The van der Waals surface area contributed by atoms with Crippen LogP contribution in [0.1, 0.15) is 42.0 Å². The van der Waals surface area contributed by atoms with Crippen molar-refractivity contribution in [1.82, 2.24) is 9.91 Å². The number of ether oxygens (including phenoxy) is 1. The summed E-state index contributed by atoms with van der Waals surface area (Å²) >= 11 is 0. The monoisotopic (exact) mass is 427 g/mol. The molecule has 0 saturated carbocycles. The number of rotatable bonds is 3. The molecule has 162 valence electrons. The molecule has 1 unspecified atom stereocenters. The maximum absolute atomic E-state index is 14.6. The van der Waals surface area contributed by atoms with Crippen LogP contribution in [0.5, 0.6) is 5.75 Å². The van der Waals surface area contributed by atoms with E-state index >= 15 is 0 Å². The van der Waals surface area contributed by atoms with Crippen LogP contribution in [0.2, 0.25) is 0 Å². The highest BCUT2D eigenvalue weighted by atomic mass is 19.1. The van der Waals surface area contributed by atoms with Crippen LogP contribution in [0.4, 0.5) is 4.39 Å². The maximum Gasteiger partial charge on any atom is 0.200 e. The topological polar surface area (TPSA) is 28.1 Å². The molecule has 0 radical (unpaired) electrons. The van der Waals surface area contributed by atoms with Crippen LogP contribution in [0.15, 0.2) is 84.0 Å². The lowest BCUT2D eigenvalue weighted by atomic mass is 9.90. The van der Waals surface area contributed by atoms with Gasteiger partial charge in [0.05, 0.1) is 11.8 Å². The second-order valence-corrected chi connectivity index (χ2v) is 8.94. The second kappa shape index (κ2) is 7.75. The Morgan fingerprint density at radius 2 is 1.62 bits per heavy atom. The molecule has 3 aliphatic heterocycles. The summed E-state index contributed by atoms with van der Waals surface area (Å²) < 4.78 is 21.3. The normalized spacial score (nSPS) is 21.6. The van der Waals surface area contributed by atoms with Crippen molar-refractivity contribution in [2.75, 3.05) is 13.1 Å². The van der Waals surface area contributed by atoms with Gasteiger partial charge in [-0.15, -0.1) is 0 Å². The highest BCUT2D eigenvalue weighted by Gasteiger charge is 2.51. The number of likely N-dealkylation sites (tertiary alicyclic amines) is 1. The van der Waals surface area contributed by atoms with Gasteiger partial charge in [-0.1, -0.05) is 66.7 Å². The highest BCUT2D eigenvalue weighted by Crippen LogP contribution is 2.50. The molecular formula is C27H26FN3O. The molecule has 4 nitrogen and oxygen atoms in total. The van der Waals surface area contributed by atoms with Crippen molar-refractivity contribution in [2.24, 2.45) is 5.10 Å². The summed E-state index contributed by atoms with van der Waals surface area (Å²) in [4.78, 5) is 2.48. The predicted molar refractivity (Wildman–Crippen MR) is 123 cm³/mol. The number of nitrogens with zero attached hydrogens (tertiary/aromatic N) is 3. The summed E-state index contributed by atoms with van der Waals surface area (Å²) in [6.07, 6.45) is 2.41. The molecule has 32 heavy (non-hydrogen) atoms. The van der Waals surface area contributed by atoms with Gasteiger partial charge in [-0.3, -0.25) is 4.90 Å². The van der Waals surface area contributed by atoms with Crippen LogP contribution in [0.3, 0.4) is 0 Å². The molecule has 3 aromatic rings. The molecule has 0 bridgehead atoms. The Hall–Kier alpha value is -3.18. The molecule has 0 amide bonds. The minimum Gasteiger partial charge on any atom is -0.466 e. The molecule has 1 fully saturated rings. The number of halogens is 1. The van der Waals surface area contributed by atoms with Crippen LogP contribution in [0, 0.1) is 5.82 Å². The largest absolute Gasteiger partial charge is 0.466 e. The van der Waals surface area contributed by atoms with E-state index in [1.807, 2.05) is 24.3 Å². The Labute approximate surface area is 187 Å². The number of para-hydroxylation sites is 1. The van der Waals surface area contributed by atoms with E-state index < -0.39 is 5.72 Å². The zero-order chi connectivity index (χ0) is 21.5. The summed E-state index contributed by atoms with van der Waals surface area (Å²) in [6, 6.07) is 25.9. The first-order chi connectivity index (χ1) is 15.7. The number of hydrazone groups is 1. The maximum atomic E-state index is 14.6. The van der Waals surface area contributed by atoms with Gasteiger partial charge in [0.2, 0.25) is 5.72 Å². The Morgan fingerprint density at radius 3 is 2.44 bits per heavy atom. The molecule has 3 heterocycles. The Morgan fingerprint density at radius 1 is 0.906 bits per heavy atom. The minimum absolute atomic E-state index is 0.0789. The van der Waals surface area contributed by atoms with Crippen molar-refractivity contribution in [3.8, 4) is 5.75 Å². The second-order valence-electron chi connectivity index (χ2n) is 8.94. The highest BCUT2D eigenvalue weighted by molar-refractivity contribution is 6.02. The summed E-state index contributed by atoms with van der Waals surface area (Å²) in [5, 5.41) is 7.14. The van der Waals surface area contributed by atoms with Gasteiger partial charge in [-0.25, -0.2) is 9.40 Å². The van der Waals surface area contributed by atoms with Crippen molar-refractivity contribution in [1.29, 1.82) is 0 Å². The third-order valence-corrected chi connectivity index (χ3v) is 6.98. The van der Waals surface area contributed by atoms with Crippen molar-refractivity contribution in [3.63, 3.8) is 0 Å². The molecule has 1 atom stereocenters. The van der Waals surface area contributed by atoms with Gasteiger partial charge >= 0.3 is 0 Å². The lowest BCUT2D eigenvalue weighted by molar-refractivity contribution is -0.150. The first kappa shape index (κ1) is 19.5. The third kappa shape index (κ3) is 3.28. The van der Waals surface area contributed by atoms with Crippen molar-refractivity contribution < 1.29 is 9.13 Å². The molecule has 3 aliphatic rings. The first-order valence-corrected chi connectivity index (χ1v) is 11.4. The van der Waals surface area contributed by atoms with Gasteiger partial charge in [0, 0.05) is 50.0 Å². The van der Waals surface area contributed by atoms with Gasteiger partial charge in [0.1, 0.15) is 11.6 Å². The minimum atomic E-state index is -0.487. The zero-order valence-electron chi connectivity index (χ0n) is 18.0. The molecule has 3 aromatic carbocycles. The average Bonchev–Trinajstić information content (AvgIpc) is 3.28. The van der Waals surface area contributed by atoms with Crippen LogP contribution in [-0.4, -0.2) is 34.4 Å². The summed E-state index contributed by atoms with van der Waals surface area (Å²) in [5.74, 6) is 0.724. The lowest BCUT2D eigenvalue weighted by Gasteiger charge is -2.51. The molecule has 0 N–H and O–H groups in total. The Balaban J connectivity index is 1.31.